The van der Waals surface area contributed by atoms with Crippen LogP contribution in [0.1, 0.15) is 37.5 Å². The first-order valence-corrected chi connectivity index (χ1v) is 12.2. The molecule has 0 saturated heterocycles. The van der Waals surface area contributed by atoms with E-state index in [-0.39, 0.29) is 0 Å². The monoisotopic (exact) mass is 460 g/mol. The fraction of sp³-hybridized carbons (Fsp3) is 0.269. The first-order chi connectivity index (χ1) is 15.2. The predicted octanol–water partition coefficient (Wildman–Crippen LogP) is 7.68. The van der Waals surface area contributed by atoms with E-state index < -0.39 is 22.5 Å². The van der Waals surface area contributed by atoms with Crippen molar-refractivity contribution in [2.24, 2.45) is 0 Å². The fourth-order valence-corrected chi connectivity index (χ4v) is 6.45. The van der Waals surface area contributed by atoms with Crippen LogP contribution in [0.5, 0.6) is 0 Å². The van der Waals surface area contributed by atoms with Crippen molar-refractivity contribution in [1.82, 2.24) is 0 Å². The Labute approximate surface area is 189 Å². The average molecular weight is 461 g/mol. The van der Waals surface area contributed by atoms with Gasteiger partial charge in [0.15, 0.2) is 0 Å². The van der Waals surface area contributed by atoms with Crippen molar-refractivity contribution in [3.8, 4) is 0 Å². The molecule has 3 aromatic rings. The number of aryl methyl sites for hydroxylation is 3. The molecule has 3 aromatic carbocycles. The van der Waals surface area contributed by atoms with E-state index in [0.717, 1.165) is 36.0 Å². The molecule has 0 unspecified atom stereocenters. The summed E-state index contributed by atoms with van der Waals surface area (Å²) in [5.74, 6) is -2.19. The van der Waals surface area contributed by atoms with Crippen LogP contribution in [-0.4, -0.2) is 12.1 Å². The highest BCUT2D eigenvalue weighted by Gasteiger charge is 2.47. The molecule has 6 heteroatoms. The van der Waals surface area contributed by atoms with Crippen molar-refractivity contribution in [3.05, 3.63) is 89.5 Å². The second-order valence-corrected chi connectivity index (χ2v) is 10.1. The minimum Gasteiger partial charge on any atom is -0.395 e. The highest BCUT2D eigenvalue weighted by atomic mass is 32.3. The second-order valence-electron chi connectivity index (χ2n) is 7.42. The molecule has 0 fully saturated rings. The van der Waals surface area contributed by atoms with Gasteiger partial charge in [0.25, 0.3) is 0 Å². The minimum absolute atomic E-state index is 0.542. The maximum absolute atomic E-state index is 13.4. The van der Waals surface area contributed by atoms with Crippen molar-refractivity contribution in [1.29, 1.82) is 0 Å². The lowest BCUT2D eigenvalue weighted by Crippen LogP contribution is -2.27. The number of carbonyl (C=O) groups is 1. The van der Waals surface area contributed by atoms with Gasteiger partial charge in [0, 0.05) is 14.7 Å². The molecule has 0 saturated carbocycles. The molecule has 0 aliphatic heterocycles. The maximum atomic E-state index is 13.4. The van der Waals surface area contributed by atoms with Crippen molar-refractivity contribution in [3.63, 3.8) is 0 Å². The van der Waals surface area contributed by atoms with E-state index in [4.69, 9.17) is 4.18 Å². The fourth-order valence-electron chi connectivity index (χ4n) is 3.46. The molecule has 2 nitrogen and oxygen atoms in total. The summed E-state index contributed by atoms with van der Waals surface area (Å²) in [4.78, 5) is 13.9. The molecule has 0 aliphatic rings. The largest absolute Gasteiger partial charge is 0.491 e. The van der Waals surface area contributed by atoms with Gasteiger partial charge in [-0.15, -0.1) is 0 Å². The van der Waals surface area contributed by atoms with E-state index in [9.17, 15) is 18.0 Å². The molecule has 0 heterocycles. The van der Waals surface area contributed by atoms with E-state index in [1.807, 2.05) is 57.2 Å². The summed E-state index contributed by atoms with van der Waals surface area (Å²) in [5.41, 5.74) is 3.14. The van der Waals surface area contributed by atoms with Crippen LogP contribution in [0, 0.1) is 0 Å². The van der Waals surface area contributed by atoms with Gasteiger partial charge in [-0.1, -0.05) is 57.2 Å². The van der Waals surface area contributed by atoms with Gasteiger partial charge < -0.3 is 4.18 Å². The van der Waals surface area contributed by atoms with Crippen molar-refractivity contribution in [2.75, 3.05) is 0 Å². The zero-order chi connectivity index (χ0) is 23.4. The van der Waals surface area contributed by atoms with Crippen LogP contribution in [0.25, 0.3) is 0 Å². The zero-order valence-electron chi connectivity index (χ0n) is 18.4. The lowest BCUT2D eigenvalue weighted by Gasteiger charge is -2.40. The second kappa shape index (κ2) is 9.82. The van der Waals surface area contributed by atoms with Gasteiger partial charge in [0.05, 0.1) is 0 Å². The Morgan fingerprint density at radius 3 is 1.16 bits per heavy atom. The Morgan fingerprint density at radius 1 is 0.656 bits per heavy atom. The maximum Gasteiger partial charge on any atom is 0.491 e. The van der Waals surface area contributed by atoms with E-state index in [0.29, 0.717) is 14.7 Å². The Kier molecular flexibility index (Phi) is 7.34. The Hall–Kier alpha value is -2.73. The Bertz CT molecular complexity index is 925. The summed E-state index contributed by atoms with van der Waals surface area (Å²) in [5, 5.41) is 0. The lowest BCUT2D eigenvalue weighted by molar-refractivity contribution is -0.188. The molecule has 0 spiro atoms. The molecule has 0 aliphatic carbocycles. The van der Waals surface area contributed by atoms with E-state index in [2.05, 4.69) is 0 Å². The van der Waals surface area contributed by atoms with Crippen LogP contribution >= 0.6 is 10.3 Å². The van der Waals surface area contributed by atoms with Crippen LogP contribution in [0.15, 0.2) is 87.5 Å². The quantitative estimate of drug-likeness (QED) is 0.361. The van der Waals surface area contributed by atoms with E-state index in [1.165, 1.54) is 0 Å². The number of benzene rings is 3. The van der Waals surface area contributed by atoms with Gasteiger partial charge >= 0.3 is 12.1 Å². The topological polar surface area (TPSA) is 26.3 Å². The van der Waals surface area contributed by atoms with Crippen molar-refractivity contribution >= 4 is 16.3 Å². The van der Waals surface area contributed by atoms with Gasteiger partial charge in [-0.25, -0.2) is 4.79 Å². The van der Waals surface area contributed by atoms with Crippen LogP contribution in [0.2, 0.25) is 0 Å². The number of rotatable bonds is 7. The summed E-state index contributed by atoms with van der Waals surface area (Å²) >= 11 is 0. The number of hydrogen-bond donors (Lipinski definition) is 0. The van der Waals surface area contributed by atoms with Crippen LogP contribution in [0.3, 0.4) is 0 Å². The Balaban J connectivity index is 2.31. The molecule has 0 bridgehead atoms. The van der Waals surface area contributed by atoms with E-state index >= 15 is 0 Å². The minimum atomic E-state index is -5.10. The standard InChI is InChI=1S/C26H27F3O2S/c1-4-19-7-13-22(14-8-19)32(31-25(30)26(27,28)29,23-15-9-20(5-2)10-16-23)24-17-11-21(6-3)12-18-24/h7-18H,4-6H2,1-3H3. The Morgan fingerprint density at radius 2 is 0.938 bits per heavy atom. The van der Waals surface area contributed by atoms with Gasteiger partial charge in [-0.2, -0.15) is 13.2 Å². The molecule has 0 aromatic heterocycles. The van der Waals surface area contributed by atoms with Gasteiger partial charge in [0.1, 0.15) is 0 Å². The van der Waals surface area contributed by atoms with Crippen LogP contribution in [-0.2, 0) is 28.2 Å². The molecule has 0 atom stereocenters. The SMILES string of the molecule is CCc1ccc(S(OC(=O)C(F)(F)F)(c2ccc(CC)cc2)c2ccc(CC)cc2)cc1. The summed E-state index contributed by atoms with van der Waals surface area (Å²) in [6, 6.07) is 21.9. The van der Waals surface area contributed by atoms with Crippen LogP contribution in [0.4, 0.5) is 13.2 Å². The molecule has 32 heavy (non-hydrogen) atoms. The predicted molar refractivity (Wildman–Crippen MR) is 122 cm³/mol. The number of halogens is 3. The van der Waals surface area contributed by atoms with Crippen molar-refractivity contribution < 1.29 is 22.1 Å². The highest BCUT2D eigenvalue weighted by Crippen LogP contribution is 2.69. The summed E-state index contributed by atoms with van der Waals surface area (Å²) < 4.78 is 45.8. The average Bonchev–Trinajstić information content (AvgIpc) is 2.82. The third-order valence-electron chi connectivity index (χ3n) is 5.42. The zero-order valence-corrected chi connectivity index (χ0v) is 19.2. The molecule has 0 N–H and O–H groups in total. The van der Waals surface area contributed by atoms with Crippen LogP contribution < -0.4 is 0 Å². The summed E-state index contributed by atoms with van der Waals surface area (Å²) in [6.45, 7) is 6.02. The third kappa shape index (κ3) is 4.85. The molecule has 3 rings (SSSR count). The number of carbonyl (C=O) groups excluding carboxylic acids is 1. The molecule has 0 amide bonds. The van der Waals surface area contributed by atoms with Gasteiger partial charge in [0.2, 0.25) is 0 Å². The van der Waals surface area contributed by atoms with Crippen molar-refractivity contribution in [2.45, 2.75) is 60.9 Å². The number of hydrogen-bond acceptors (Lipinski definition) is 2. The first-order valence-electron chi connectivity index (χ1n) is 10.7. The molecular weight excluding hydrogens is 433 g/mol. The lowest BCUT2D eigenvalue weighted by atomic mass is 10.2. The summed E-state index contributed by atoms with van der Waals surface area (Å²) in [6.07, 6.45) is -2.72. The smallest absolute Gasteiger partial charge is 0.395 e. The number of alkyl halides is 3. The normalized spacial score (nSPS) is 12.4. The summed E-state index contributed by atoms with van der Waals surface area (Å²) in [7, 11) is -2.96. The molecule has 0 radical (unpaired) electrons. The van der Waals surface area contributed by atoms with Gasteiger partial charge in [-0.3, -0.25) is 0 Å². The third-order valence-corrected chi connectivity index (χ3v) is 8.63. The van der Waals surface area contributed by atoms with E-state index in [1.54, 1.807) is 36.4 Å². The molecular formula is C26H27F3O2S. The first kappa shape index (κ1) is 23.9. The highest BCUT2D eigenvalue weighted by molar-refractivity contribution is 8.30. The van der Waals surface area contributed by atoms with Gasteiger partial charge in [-0.05, 0) is 82.7 Å². The molecule has 170 valence electrons.